The Morgan fingerprint density at radius 3 is 2.44 bits per heavy atom. The first-order valence-corrected chi connectivity index (χ1v) is 6.76. The summed E-state index contributed by atoms with van der Waals surface area (Å²) in [6.45, 7) is 9.29. The fourth-order valence-electron chi connectivity index (χ4n) is 1.98. The van der Waals surface area contributed by atoms with Crippen molar-refractivity contribution in [1.82, 2.24) is 9.97 Å². The van der Waals surface area contributed by atoms with Crippen LogP contribution in [0.1, 0.15) is 51.4 Å². The molecule has 0 aromatic carbocycles. The molecule has 100 valence electrons. The van der Waals surface area contributed by atoms with Crippen LogP contribution in [0, 0.1) is 12.8 Å². The molecular weight excluding hydrogens is 224 g/mol. The highest BCUT2D eigenvalue weighted by Gasteiger charge is 2.21. The van der Waals surface area contributed by atoms with Gasteiger partial charge in [-0.2, -0.15) is 0 Å². The average Bonchev–Trinajstić information content (AvgIpc) is 2.20. The molecule has 2 rings (SSSR count). The first-order chi connectivity index (χ1) is 8.38. The number of nitrogens with one attached hydrogen (secondary N) is 1. The molecule has 4 nitrogen and oxygen atoms in total. The van der Waals surface area contributed by atoms with Crippen LogP contribution in [0.15, 0.2) is 0 Å². The quantitative estimate of drug-likeness (QED) is 0.863. The standard InChI is InChI=1S/C14H24N4/c1-9-11(15)17-13(14(2,3)4)18-12(9)16-8-10-6-5-7-10/h10H,5-8H2,1-4H3,(H3,15,16,17,18). The van der Waals surface area contributed by atoms with Crippen LogP contribution < -0.4 is 11.1 Å². The number of nitrogens with two attached hydrogens (primary N) is 1. The van der Waals surface area contributed by atoms with Crippen LogP contribution in [0.3, 0.4) is 0 Å². The molecule has 1 aliphatic carbocycles. The minimum atomic E-state index is -0.0747. The lowest BCUT2D eigenvalue weighted by Gasteiger charge is -2.26. The number of nitrogens with zero attached hydrogens (tertiary/aromatic N) is 2. The first-order valence-electron chi connectivity index (χ1n) is 6.76. The van der Waals surface area contributed by atoms with Gasteiger partial charge >= 0.3 is 0 Å². The molecule has 0 aliphatic heterocycles. The Morgan fingerprint density at radius 1 is 1.28 bits per heavy atom. The van der Waals surface area contributed by atoms with Gasteiger partial charge in [-0.05, 0) is 25.7 Å². The van der Waals surface area contributed by atoms with Gasteiger partial charge in [0.25, 0.3) is 0 Å². The van der Waals surface area contributed by atoms with Gasteiger partial charge in [-0.15, -0.1) is 0 Å². The molecule has 1 saturated carbocycles. The zero-order chi connectivity index (χ0) is 13.3. The van der Waals surface area contributed by atoms with Crippen LogP contribution in [0.5, 0.6) is 0 Å². The fourth-order valence-corrected chi connectivity index (χ4v) is 1.98. The highest BCUT2D eigenvalue weighted by atomic mass is 15.1. The van der Waals surface area contributed by atoms with E-state index < -0.39 is 0 Å². The monoisotopic (exact) mass is 248 g/mol. The first kappa shape index (κ1) is 13.1. The largest absolute Gasteiger partial charge is 0.383 e. The molecule has 3 N–H and O–H groups in total. The molecule has 0 saturated heterocycles. The van der Waals surface area contributed by atoms with Crippen molar-refractivity contribution in [3.63, 3.8) is 0 Å². The molecule has 0 radical (unpaired) electrons. The Hall–Kier alpha value is -1.32. The summed E-state index contributed by atoms with van der Waals surface area (Å²) < 4.78 is 0. The van der Waals surface area contributed by atoms with E-state index in [0.29, 0.717) is 5.82 Å². The van der Waals surface area contributed by atoms with Crippen molar-refractivity contribution >= 4 is 11.6 Å². The molecular formula is C14H24N4. The van der Waals surface area contributed by atoms with Gasteiger partial charge in [-0.3, -0.25) is 0 Å². The SMILES string of the molecule is Cc1c(N)nc(C(C)(C)C)nc1NCC1CCC1. The van der Waals surface area contributed by atoms with Crippen LogP contribution in [0.2, 0.25) is 0 Å². The minimum absolute atomic E-state index is 0.0747. The minimum Gasteiger partial charge on any atom is -0.383 e. The normalized spacial score (nSPS) is 16.4. The van der Waals surface area contributed by atoms with Crippen LogP contribution in [-0.2, 0) is 5.41 Å². The van der Waals surface area contributed by atoms with Crippen molar-refractivity contribution in [2.24, 2.45) is 5.92 Å². The highest BCUT2D eigenvalue weighted by Crippen LogP contribution is 2.28. The average molecular weight is 248 g/mol. The fraction of sp³-hybridized carbons (Fsp3) is 0.714. The molecule has 0 spiro atoms. The number of hydrogen-bond acceptors (Lipinski definition) is 4. The van der Waals surface area contributed by atoms with Crippen LogP contribution in [0.4, 0.5) is 11.6 Å². The van der Waals surface area contributed by atoms with Gasteiger partial charge in [-0.1, -0.05) is 27.2 Å². The van der Waals surface area contributed by atoms with Crippen LogP contribution in [-0.4, -0.2) is 16.5 Å². The molecule has 0 unspecified atom stereocenters. The molecule has 18 heavy (non-hydrogen) atoms. The lowest BCUT2D eigenvalue weighted by Crippen LogP contribution is -2.24. The maximum Gasteiger partial charge on any atom is 0.138 e. The summed E-state index contributed by atoms with van der Waals surface area (Å²) in [5.74, 6) is 3.10. The van der Waals surface area contributed by atoms with Gasteiger partial charge in [0.05, 0.1) is 0 Å². The van der Waals surface area contributed by atoms with Crippen molar-refractivity contribution < 1.29 is 0 Å². The van der Waals surface area contributed by atoms with Crippen molar-refractivity contribution in [2.45, 2.75) is 52.4 Å². The number of aromatic nitrogens is 2. The van der Waals surface area contributed by atoms with E-state index in [2.05, 4.69) is 36.1 Å². The van der Waals surface area contributed by atoms with Gasteiger partial charge in [-0.25, -0.2) is 9.97 Å². The summed E-state index contributed by atoms with van der Waals surface area (Å²) in [5, 5.41) is 3.44. The molecule has 1 aromatic rings. The Labute approximate surface area is 109 Å². The van der Waals surface area contributed by atoms with E-state index in [-0.39, 0.29) is 5.41 Å². The number of rotatable bonds is 3. The molecule has 1 aromatic heterocycles. The Balaban J connectivity index is 2.18. The second-order valence-corrected chi connectivity index (χ2v) is 6.33. The Kier molecular flexibility index (Phi) is 3.46. The summed E-state index contributed by atoms with van der Waals surface area (Å²) in [6.07, 6.45) is 4.03. The third-order valence-corrected chi connectivity index (χ3v) is 3.64. The van der Waals surface area contributed by atoms with Gasteiger partial charge in [0.2, 0.25) is 0 Å². The topological polar surface area (TPSA) is 63.8 Å². The van der Waals surface area contributed by atoms with Crippen molar-refractivity contribution in [3.8, 4) is 0 Å². The molecule has 0 amide bonds. The Morgan fingerprint density at radius 2 is 1.94 bits per heavy atom. The summed E-state index contributed by atoms with van der Waals surface area (Å²) in [4.78, 5) is 9.03. The molecule has 4 heteroatoms. The Bertz CT molecular complexity index is 430. The molecule has 1 fully saturated rings. The van der Waals surface area contributed by atoms with E-state index in [4.69, 9.17) is 5.73 Å². The summed E-state index contributed by atoms with van der Waals surface area (Å²) in [7, 11) is 0. The van der Waals surface area contributed by atoms with Crippen LogP contribution in [0.25, 0.3) is 0 Å². The summed E-state index contributed by atoms with van der Waals surface area (Å²) in [6, 6.07) is 0. The maximum absolute atomic E-state index is 5.98. The molecule has 0 atom stereocenters. The number of nitrogen functional groups attached to an aromatic ring is 1. The summed E-state index contributed by atoms with van der Waals surface area (Å²) >= 11 is 0. The molecule has 1 aliphatic rings. The highest BCUT2D eigenvalue weighted by molar-refractivity contribution is 5.55. The van der Waals surface area contributed by atoms with Gasteiger partial charge in [0.15, 0.2) is 0 Å². The second-order valence-electron chi connectivity index (χ2n) is 6.33. The van der Waals surface area contributed by atoms with E-state index in [1.54, 1.807) is 0 Å². The lowest BCUT2D eigenvalue weighted by atomic mass is 9.85. The maximum atomic E-state index is 5.98. The van der Waals surface area contributed by atoms with Gasteiger partial charge < -0.3 is 11.1 Å². The van der Waals surface area contributed by atoms with Gasteiger partial charge in [0.1, 0.15) is 17.5 Å². The predicted octanol–water partition coefficient (Wildman–Crippen LogP) is 2.88. The number of anilines is 2. The van der Waals surface area contributed by atoms with E-state index in [1.807, 2.05) is 6.92 Å². The van der Waals surface area contributed by atoms with Crippen molar-refractivity contribution in [2.75, 3.05) is 17.6 Å². The third-order valence-electron chi connectivity index (χ3n) is 3.64. The predicted molar refractivity (Wildman–Crippen MR) is 75.7 cm³/mol. The van der Waals surface area contributed by atoms with Crippen molar-refractivity contribution in [1.29, 1.82) is 0 Å². The number of hydrogen-bond donors (Lipinski definition) is 2. The summed E-state index contributed by atoms with van der Waals surface area (Å²) in [5.41, 5.74) is 6.87. The van der Waals surface area contributed by atoms with Gasteiger partial charge in [0, 0.05) is 17.5 Å². The smallest absolute Gasteiger partial charge is 0.138 e. The second kappa shape index (κ2) is 4.75. The van der Waals surface area contributed by atoms with E-state index >= 15 is 0 Å². The van der Waals surface area contributed by atoms with E-state index in [9.17, 15) is 0 Å². The zero-order valence-electron chi connectivity index (χ0n) is 11.9. The van der Waals surface area contributed by atoms with E-state index in [1.165, 1.54) is 19.3 Å². The molecule has 1 heterocycles. The van der Waals surface area contributed by atoms with Crippen LogP contribution >= 0.6 is 0 Å². The van der Waals surface area contributed by atoms with Crippen molar-refractivity contribution in [3.05, 3.63) is 11.4 Å². The lowest BCUT2D eigenvalue weighted by molar-refractivity contribution is 0.333. The van der Waals surface area contributed by atoms with E-state index in [0.717, 1.165) is 29.7 Å². The molecule has 0 bridgehead atoms. The zero-order valence-corrected chi connectivity index (χ0v) is 11.9. The third kappa shape index (κ3) is 2.74.